The Morgan fingerprint density at radius 2 is 1.95 bits per heavy atom. The Labute approximate surface area is 118 Å². The van der Waals surface area contributed by atoms with E-state index in [-0.39, 0.29) is 6.61 Å². The number of esters is 2. The molecule has 0 fully saturated rings. The van der Waals surface area contributed by atoms with Crippen molar-refractivity contribution >= 4 is 11.9 Å². The number of hydrogen-bond donors (Lipinski definition) is 0. The first kappa shape index (κ1) is 15.9. The topological polar surface area (TPSA) is 61.8 Å². The maximum Gasteiger partial charge on any atom is 0.337 e. The molecule has 0 spiro atoms. The van der Waals surface area contributed by atoms with Crippen LogP contribution in [0.15, 0.2) is 36.9 Å². The van der Waals surface area contributed by atoms with E-state index in [0.717, 1.165) is 5.56 Å². The highest BCUT2D eigenvalue weighted by atomic mass is 16.6. The number of methoxy groups -OCH3 is 1. The van der Waals surface area contributed by atoms with Gasteiger partial charge in [0.05, 0.1) is 19.3 Å². The lowest BCUT2D eigenvalue weighted by molar-refractivity contribution is -0.156. The fraction of sp³-hybridized carbons (Fsp3) is 0.333. The van der Waals surface area contributed by atoms with E-state index in [0.29, 0.717) is 12.2 Å². The highest BCUT2D eigenvalue weighted by Gasteiger charge is 2.14. The average Bonchev–Trinajstić information content (AvgIpc) is 2.49. The van der Waals surface area contributed by atoms with Gasteiger partial charge in [-0.3, -0.25) is 0 Å². The van der Waals surface area contributed by atoms with E-state index in [2.05, 4.69) is 11.3 Å². The van der Waals surface area contributed by atoms with Crippen molar-refractivity contribution in [2.45, 2.75) is 19.6 Å². The average molecular weight is 278 g/mol. The Morgan fingerprint density at radius 1 is 1.30 bits per heavy atom. The Morgan fingerprint density at radius 3 is 2.50 bits per heavy atom. The number of carbonyl (C=O) groups is 2. The molecule has 0 amide bonds. The van der Waals surface area contributed by atoms with Gasteiger partial charge in [0.2, 0.25) is 0 Å². The van der Waals surface area contributed by atoms with Crippen LogP contribution in [0.5, 0.6) is 0 Å². The number of ether oxygens (including phenoxy) is 3. The number of carbonyl (C=O) groups excluding carboxylic acids is 2. The minimum Gasteiger partial charge on any atom is -0.465 e. The Bertz CT molecular complexity index is 464. The van der Waals surface area contributed by atoms with Gasteiger partial charge in [-0.1, -0.05) is 18.2 Å². The van der Waals surface area contributed by atoms with Gasteiger partial charge in [0.15, 0.2) is 6.10 Å². The molecule has 5 heteroatoms. The Hall–Kier alpha value is -2.14. The molecule has 0 N–H and O–H groups in total. The van der Waals surface area contributed by atoms with Gasteiger partial charge >= 0.3 is 11.9 Å². The molecular weight excluding hydrogens is 260 g/mol. The number of hydrogen-bond acceptors (Lipinski definition) is 5. The van der Waals surface area contributed by atoms with Crippen molar-refractivity contribution in [3.05, 3.63) is 48.0 Å². The van der Waals surface area contributed by atoms with Crippen LogP contribution in [0.25, 0.3) is 0 Å². The van der Waals surface area contributed by atoms with E-state index in [1.165, 1.54) is 7.11 Å². The second kappa shape index (κ2) is 8.12. The maximum absolute atomic E-state index is 11.6. The Kier molecular flexibility index (Phi) is 6.46. The molecule has 1 aromatic carbocycles. The number of benzene rings is 1. The second-order valence-corrected chi connectivity index (χ2v) is 4.06. The van der Waals surface area contributed by atoms with Crippen LogP contribution in [0.1, 0.15) is 22.8 Å². The van der Waals surface area contributed by atoms with Crippen LogP contribution in [0.4, 0.5) is 0 Å². The molecule has 0 saturated heterocycles. The van der Waals surface area contributed by atoms with E-state index in [4.69, 9.17) is 9.47 Å². The van der Waals surface area contributed by atoms with Crippen LogP contribution in [-0.2, 0) is 25.6 Å². The van der Waals surface area contributed by atoms with Crippen molar-refractivity contribution in [2.24, 2.45) is 0 Å². The van der Waals surface area contributed by atoms with Crippen LogP contribution in [-0.4, -0.2) is 31.8 Å². The summed E-state index contributed by atoms with van der Waals surface area (Å²) in [6, 6.07) is 6.64. The molecule has 0 aromatic heterocycles. The first-order valence-corrected chi connectivity index (χ1v) is 6.15. The van der Waals surface area contributed by atoms with Crippen molar-refractivity contribution in [3.63, 3.8) is 0 Å². The van der Waals surface area contributed by atoms with E-state index in [1.54, 1.807) is 37.3 Å². The first-order chi connectivity index (χ1) is 9.58. The highest BCUT2D eigenvalue weighted by molar-refractivity contribution is 5.89. The monoisotopic (exact) mass is 278 g/mol. The van der Waals surface area contributed by atoms with Gasteiger partial charge in [0, 0.05) is 0 Å². The van der Waals surface area contributed by atoms with Crippen LogP contribution < -0.4 is 0 Å². The molecule has 1 aromatic rings. The van der Waals surface area contributed by atoms with Gasteiger partial charge in [0.25, 0.3) is 0 Å². The van der Waals surface area contributed by atoms with Crippen molar-refractivity contribution in [1.82, 2.24) is 0 Å². The van der Waals surface area contributed by atoms with Crippen molar-refractivity contribution in [3.8, 4) is 0 Å². The maximum atomic E-state index is 11.6. The van der Waals surface area contributed by atoms with Gasteiger partial charge < -0.3 is 14.2 Å². The molecule has 0 aliphatic rings. The quantitative estimate of drug-likeness (QED) is 0.564. The fourth-order valence-electron chi connectivity index (χ4n) is 1.41. The third-order valence-corrected chi connectivity index (χ3v) is 2.55. The van der Waals surface area contributed by atoms with Gasteiger partial charge in [-0.15, -0.1) is 6.58 Å². The van der Waals surface area contributed by atoms with E-state index < -0.39 is 18.0 Å². The fourth-order valence-corrected chi connectivity index (χ4v) is 1.41. The third-order valence-electron chi connectivity index (χ3n) is 2.55. The highest BCUT2D eigenvalue weighted by Crippen LogP contribution is 2.08. The molecule has 108 valence electrons. The smallest absolute Gasteiger partial charge is 0.337 e. The molecule has 20 heavy (non-hydrogen) atoms. The summed E-state index contributed by atoms with van der Waals surface area (Å²) in [6.45, 7) is 5.54. The molecule has 1 unspecified atom stereocenters. The molecule has 0 aliphatic heterocycles. The van der Waals surface area contributed by atoms with Gasteiger partial charge in [0.1, 0.15) is 6.61 Å². The van der Waals surface area contributed by atoms with E-state index in [9.17, 15) is 9.59 Å². The van der Waals surface area contributed by atoms with Crippen LogP contribution in [0, 0.1) is 0 Å². The number of rotatable bonds is 7. The summed E-state index contributed by atoms with van der Waals surface area (Å²) in [7, 11) is 1.32. The van der Waals surface area contributed by atoms with Gasteiger partial charge in [-0.05, 0) is 24.6 Å². The van der Waals surface area contributed by atoms with Crippen LogP contribution in [0.3, 0.4) is 0 Å². The minimum absolute atomic E-state index is 0.127. The van der Waals surface area contributed by atoms with Gasteiger partial charge in [-0.2, -0.15) is 0 Å². The predicted molar refractivity (Wildman–Crippen MR) is 73.2 cm³/mol. The van der Waals surface area contributed by atoms with Crippen molar-refractivity contribution in [1.29, 1.82) is 0 Å². The lowest BCUT2D eigenvalue weighted by atomic mass is 10.1. The summed E-state index contributed by atoms with van der Waals surface area (Å²) in [5.74, 6) is -0.844. The molecule has 5 nitrogen and oxygen atoms in total. The Balaban J connectivity index is 2.47. The molecule has 0 heterocycles. The van der Waals surface area contributed by atoms with Crippen molar-refractivity contribution in [2.75, 3.05) is 13.7 Å². The summed E-state index contributed by atoms with van der Waals surface area (Å²) in [5.41, 5.74) is 1.23. The van der Waals surface area contributed by atoms with E-state index >= 15 is 0 Å². The molecular formula is C15H18O5. The molecule has 0 saturated carbocycles. The summed E-state index contributed by atoms with van der Waals surface area (Å²) >= 11 is 0. The zero-order chi connectivity index (χ0) is 15.0. The molecule has 1 atom stereocenters. The lowest BCUT2D eigenvalue weighted by Gasteiger charge is -2.11. The van der Waals surface area contributed by atoms with E-state index in [1.807, 2.05) is 0 Å². The summed E-state index contributed by atoms with van der Waals surface area (Å²) in [4.78, 5) is 22.8. The zero-order valence-corrected chi connectivity index (χ0v) is 11.6. The van der Waals surface area contributed by atoms with Crippen LogP contribution >= 0.6 is 0 Å². The zero-order valence-electron chi connectivity index (χ0n) is 11.6. The summed E-state index contributed by atoms with van der Waals surface area (Å²) in [6.07, 6.45) is 0.928. The molecule has 0 bridgehead atoms. The SMILES string of the molecule is C=CCOC(C)C(=O)OCc1ccc(C(=O)OC)cc1. The second-order valence-electron chi connectivity index (χ2n) is 4.06. The minimum atomic E-state index is -0.637. The van der Waals surface area contributed by atoms with Crippen LogP contribution in [0.2, 0.25) is 0 Å². The first-order valence-electron chi connectivity index (χ1n) is 6.15. The summed E-state index contributed by atoms with van der Waals surface area (Å²) in [5, 5.41) is 0. The standard InChI is InChI=1S/C15H18O5/c1-4-9-19-11(2)14(16)20-10-12-5-7-13(8-6-12)15(17)18-3/h4-8,11H,1,9-10H2,2-3H3. The molecule has 0 aliphatic carbocycles. The molecule has 1 rings (SSSR count). The predicted octanol–water partition coefficient (Wildman–Crippen LogP) is 2.11. The van der Waals surface area contributed by atoms with Gasteiger partial charge in [-0.25, -0.2) is 9.59 Å². The van der Waals surface area contributed by atoms with Crippen molar-refractivity contribution < 1.29 is 23.8 Å². The third kappa shape index (κ3) is 4.85. The largest absolute Gasteiger partial charge is 0.465 e. The molecule has 0 radical (unpaired) electrons. The summed E-state index contributed by atoms with van der Waals surface area (Å²) < 4.78 is 14.8. The lowest BCUT2D eigenvalue weighted by Crippen LogP contribution is -2.23. The normalized spacial score (nSPS) is 11.5.